The molecule has 1 aromatic heterocycles. The van der Waals surface area contributed by atoms with E-state index in [-0.39, 0.29) is 11.7 Å². The number of nitrogen functional groups attached to an aromatic ring is 1. The van der Waals surface area contributed by atoms with Crippen molar-refractivity contribution < 1.29 is 4.39 Å². The van der Waals surface area contributed by atoms with Gasteiger partial charge in [-0.3, -0.25) is 5.41 Å². The highest BCUT2D eigenvalue weighted by Crippen LogP contribution is 2.26. The number of nitrogens with one attached hydrogen (secondary N) is 1. The van der Waals surface area contributed by atoms with E-state index in [2.05, 4.69) is 10.2 Å². The van der Waals surface area contributed by atoms with Crippen LogP contribution in [0.3, 0.4) is 0 Å². The lowest BCUT2D eigenvalue weighted by atomic mass is 10.1. The fourth-order valence-electron chi connectivity index (χ4n) is 1.31. The Bertz CT molecular complexity index is 582. The van der Waals surface area contributed by atoms with E-state index in [4.69, 9.17) is 11.1 Å². The molecule has 0 saturated heterocycles. The Morgan fingerprint density at radius 3 is 2.83 bits per heavy atom. The van der Waals surface area contributed by atoms with Crippen LogP contribution >= 0.6 is 23.1 Å². The summed E-state index contributed by atoms with van der Waals surface area (Å²) in [7, 11) is 0. The zero-order valence-corrected chi connectivity index (χ0v) is 11.2. The topological polar surface area (TPSA) is 75.7 Å². The molecule has 18 heavy (non-hydrogen) atoms. The molecule has 0 atom stereocenters. The molecule has 1 heterocycles. The molecule has 0 aliphatic heterocycles. The average Bonchev–Trinajstić information content (AvgIpc) is 2.73. The molecule has 2 rings (SSSR count). The summed E-state index contributed by atoms with van der Waals surface area (Å²) in [5, 5.41) is 16.0. The van der Waals surface area contributed by atoms with Gasteiger partial charge >= 0.3 is 0 Å². The van der Waals surface area contributed by atoms with Crippen LogP contribution in [-0.4, -0.2) is 16.0 Å². The summed E-state index contributed by atoms with van der Waals surface area (Å²) < 4.78 is 14.5. The van der Waals surface area contributed by atoms with E-state index in [1.165, 1.54) is 29.2 Å². The molecule has 3 N–H and O–H groups in total. The first-order chi connectivity index (χ1) is 8.56. The monoisotopic (exact) mass is 282 g/mol. The standard InChI is InChI=1S/C11H11FN4S2/c1-6-15-16-11(18-6)17-5-8-3-2-7(10(13)14)4-9(8)12/h2-4H,5H2,1H3,(H3,13,14). The van der Waals surface area contributed by atoms with Crippen molar-refractivity contribution in [2.24, 2.45) is 5.73 Å². The minimum Gasteiger partial charge on any atom is -0.384 e. The van der Waals surface area contributed by atoms with E-state index in [1.54, 1.807) is 12.1 Å². The van der Waals surface area contributed by atoms with E-state index in [0.717, 1.165) is 9.35 Å². The number of rotatable bonds is 4. The van der Waals surface area contributed by atoms with Crippen molar-refractivity contribution in [3.8, 4) is 0 Å². The van der Waals surface area contributed by atoms with E-state index in [0.29, 0.717) is 16.9 Å². The molecule has 7 heteroatoms. The van der Waals surface area contributed by atoms with Crippen LogP contribution in [0.1, 0.15) is 16.1 Å². The van der Waals surface area contributed by atoms with Gasteiger partial charge in [-0.1, -0.05) is 35.2 Å². The van der Waals surface area contributed by atoms with Crippen molar-refractivity contribution in [1.82, 2.24) is 10.2 Å². The number of aryl methyl sites for hydroxylation is 1. The number of benzene rings is 1. The zero-order chi connectivity index (χ0) is 13.1. The van der Waals surface area contributed by atoms with Crippen LogP contribution < -0.4 is 5.73 Å². The van der Waals surface area contributed by atoms with Crippen LogP contribution in [0.5, 0.6) is 0 Å². The second-order valence-corrected chi connectivity index (χ2v) is 6.00. The van der Waals surface area contributed by atoms with Crippen molar-refractivity contribution >= 4 is 28.9 Å². The number of halogens is 1. The first kappa shape index (κ1) is 13.0. The number of hydrogen-bond donors (Lipinski definition) is 2. The molecule has 0 spiro atoms. The summed E-state index contributed by atoms with van der Waals surface area (Å²) in [6, 6.07) is 4.57. The van der Waals surface area contributed by atoms with Crippen molar-refractivity contribution in [2.75, 3.05) is 0 Å². The Kier molecular flexibility index (Phi) is 3.93. The summed E-state index contributed by atoms with van der Waals surface area (Å²) in [4.78, 5) is 0. The highest BCUT2D eigenvalue weighted by atomic mass is 32.2. The van der Waals surface area contributed by atoms with Crippen molar-refractivity contribution in [3.63, 3.8) is 0 Å². The molecule has 2 aromatic rings. The third-order valence-corrected chi connectivity index (χ3v) is 4.24. The molecule has 1 aromatic carbocycles. The predicted molar refractivity (Wildman–Crippen MR) is 71.6 cm³/mol. The molecule has 0 fully saturated rings. The number of hydrogen-bond acceptors (Lipinski definition) is 5. The molecule has 4 nitrogen and oxygen atoms in total. The lowest BCUT2D eigenvalue weighted by Crippen LogP contribution is -2.11. The minimum absolute atomic E-state index is 0.132. The second kappa shape index (κ2) is 5.45. The fraction of sp³-hybridized carbons (Fsp3) is 0.182. The minimum atomic E-state index is -0.351. The lowest BCUT2D eigenvalue weighted by molar-refractivity contribution is 0.617. The molecule has 0 unspecified atom stereocenters. The summed E-state index contributed by atoms with van der Waals surface area (Å²) in [5.41, 5.74) is 6.26. The molecular formula is C11H11FN4S2. The van der Waals surface area contributed by atoms with Gasteiger partial charge in [-0.2, -0.15) is 0 Å². The van der Waals surface area contributed by atoms with Crippen LogP contribution in [0, 0.1) is 18.2 Å². The summed E-state index contributed by atoms with van der Waals surface area (Å²) >= 11 is 2.93. The number of nitrogens with two attached hydrogens (primary N) is 1. The Morgan fingerprint density at radius 2 is 2.28 bits per heavy atom. The summed E-state index contributed by atoms with van der Waals surface area (Å²) in [5.74, 6) is 0.00263. The number of aromatic nitrogens is 2. The number of amidine groups is 1. The van der Waals surface area contributed by atoms with E-state index >= 15 is 0 Å². The first-order valence-electron chi connectivity index (χ1n) is 5.12. The third-order valence-electron chi connectivity index (χ3n) is 2.22. The Balaban J connectivity index is 2.08. The van der Waals surface area contributed by atoms with Gasteiger partial charge in [0.05, 0.1) is 0 Å². The quantitative estimate of drug-likeness (QED) is 0.513. The highest BCUT2D eigenvalue weighted by molar-refractivity contribution is 8.00. The van der Waals surface area contributed by atoms with Gasteiger partial charge < -0.3 is 5.73 Å². The van der Waals surface area contributed by atoms with Crippen LogP contribution in [0.4, 0.5) is 4.39 Å². The zero-order valence-electron chi connectivity index (χ0n) is 9.61. The molecular weight excluding hydrogens is 271 g/mol. The largest absolute Gasteiger partial charge is 0.384 e. The van der Waals surface area contributed by atoms with Crippen LogP contribution in [-0.2, 0) is 5.75 Å². The van der Waals surface area contributed by atoms with E-state index < -0.39 is 0 Å². The molecule has 94 valence electrons. The average molecular weight is 282 g/mol. The van der Waals surface area contributed by atoms with Gasteiger partial charge in [0.15, 0.2) is 4.34 Å². The van der Waals surface area contributed by atoms with Crippen LogP contribution in [0.2, 0.25) is 0 Å². The summed E-state index contributed by atoms with van der Waals surface area (Å²) in [6.45, 7) is 1.88. The van der Waals surface area contributed by atoms with Crippen molar-refractivity contribution in [1.29, 1.82) is 5.41 Å². The Morgan fingerprint density at radius 1 is 1.50 bits per heavy atom. The lowest BCUT2D eigenvalue weighted by Gasteiger charge is -2.03. The van der Waals surface area contributed by atoms with Gasteiger partial charge in [0, 0.05) is 11.3 Å². The van der Waals surface area contributed by atoms with Gasteiger partial charge in [0.1, 0.15) is 16.7 Å². The maximum atomic E-state index is 13.7. The maximum absolute atomic E-state index is 13.7. The molecule has 0 aliphatic carbocycles. The van der Waals surface area contributed by atoms with Gasteiger partial charge in [0.2, 0.25) is 0 Å². The normalized spacial score (nSPS) is 10.6. The fourth-order valence-corrected chi connectivity index (χ4v) is 3.11. The van der Waals surface area contributed by atoms with Gasteiger partial charge in [-0.05, 0) is 18.6 Å². The van der Waals surface area contributed by atoms with E-state index in [1.807, 2.05) is 6.92 Å². The van der Waals surface area contributed by atoms with Crippen LogP contribution in [0.25, 0.3) is 0 Å². The predicted octanol–water partition coefficient (Wildman–Crippen LogP) is 2.56. The molecule has 0 aliphatic rings. The Hall–Kier alpha value is -1.47. The SMILES string of the molecule is Cc1nnc(SCc2ccc(C(=N)N)cc2F)s1. The first-order valence-corrected chi connectivity index (χ1v) is 6.92. The van der Waals surface area contributed by atoms with Crippen molar-refractivity contribution in [2.45, 2.75) is 17.0 Å². The van der Waals surface area contributed by atoms with Gasteiger partial charge in [-0.15, -0.1) is 10.2 Å². The highest BCUT2D eigenvalue weighted by Gasteiger charge is 2.08. The molecule has 0 saturated carbocycles. The molecule has 0 radical (unpaired) electrons. The van der Waals surface area contributed by atoms with Crippen LogP contribution in [0.15, 0.2) is 22.5 Å². The number of thioether (sulfide) groups is 1. The van der Waals surface area contributed by atoms with Gasteiger partial charge in [-0.25, -0.2) is 4.39 Å². The third kappa shape index (κ3) is 3.05. The molecule has 0 bridgehead atoms. The maximum Gasteiger partial charge on any atom is 0.174 e. The summed E-state index contributed by atoms with van der Waals surface area (Å²) in [6.07, 6.45) is 0. The van der Waals surface area contributed by atoms with Gasteiger partial charge in [0.25, 0.3) is 0 Å². The smallest absolute Gasteiger partial charge is 0.174 e. The Labute approximate surface area is 112 Å². The van der Waals surface area contributed by atoms with Crippen molar-refractivity contribution in [3.05, 3.63) is 40.2 Å². The molecule has 0 amide bonds. The number of nitrogens with zero attached hydrogens (tertiary/aromatic N) is 2. The second-order valence-electron chi connectivity index (χ2n) is 3.60. The van der Waals surface area contributed by atoms with E-state index in [9.17, 15) is 4.39 Å².